The summed E-state index contributed by atoms with van der Waals surface area (Å²) in [6.45, 7) is 10.5. The van der Waals surface area contributed by atoms with E-state index in [4.69, 9.17) is 5.14 Å². The van der Waals surface area contributed by atoms with Gasteiger partial charge in [-0.3, -0.25) is 9.93 Å². The van der Waals surface area contributed by atoms with E-state index in [0.29, 0.717) is 24.3 Å². The van der Waals surface area contributed by atoms with Gasteiger partial charge in [-0.25, -0.2) is 37.1 Å². The summed E-state index contributed by atoms with van der Waals surface area (Å²) < 4.78 is 129. The van der Waals surface area contributed by atoms with Gasteiger partial charge in [0.1, 0.15) is 28.3 Å². The first-order valence-electron chi connectivity index (χ1n) is 14.3. The maximum atomic E-state index is 13.7. The van der Waals surface area contributed by atoms with Crippen LogP contribution >= 0.6 is 0 Å². The van der Waals surface area contributed by atoms with Crippen LogP contribution < -0.4 is 5.14 Å². The van der Waals surface area contributed by atoms with Crippen LogP contribution in [0.2, 0.25) is 0 Å². The van der Waals surface area contributed by atoms with Crippen molar-refractivity contribution in [2.24, 2.45) is 9.54 Å². The highest BCUT2D eigenvalue weighted by atomic mass is 32.2. The van der Waals surface area contributed by atoms with E-state index in [1.165, 1.54) is 36.9 Å². The van der Waals surface area contributed by atoms with Crippen LogP contribution in [0.1, 0.15) is 80.2 Å². The van der Waals surface area contributed by atoms with Crippen LogP contribution in [0, 0.1) is 11.6 Å². The highest BCUT2D eigenvalue weighted by Crippen LogP contribution is 2.32. The molecular formula is C32H32F8N6O3S2. The van der Waals surface area contributed by atoms with E-state index >= 15 is 0 Å². The lowest BCUT2D eigenvalue weighted by Crippen LogP contribution is -2.27. The molecule has 0 saturated carbocycles. The molecule has 0 amide bonds. The Morgan fingerprint density at radius 3 is 1.37 bits per heavy atom. The fourth-order valence-electron chi connectivity index (χ4n) is 3.18. The first kappa shape index (κ1) is 42.8. The van der Waals surface area contributed by atoms with Gasteiger partial charge in [0.05, 0.1) is 31.6 Å². The van der Waals surface area contributed by atoms with Crippen molar-refractivity contribution in [3.63, 3.8) is 0 Å². The van der Waals surface area contributed by atoms with Crippen LogP contribution in [-0.4, -0.2) is 49.3 Å². The number of benzene rings is 2. The van der Waals surface area contributed by atoms with Crippen molar-refractivity contribution in [2.45, 2.75) is 63.4 Å². The summed E-state index contributed by atoms with van der Waals surface area (Å²) in [5, 5.41) is 5.04. The Bertz CT molecular complexity index is 1880. The molecule has 51 heavy (non-hydrogen) atoms. The molecule has 0 aliphatic heterocycles. The van der Waals surface area contributed by atoms with E-state index in [-0.39, 0.29) is 27.7 Å². The van der Waals surface area contributed by atoms with Crippen molar-refractivity contribution in [1.29, 1.82) is 0 Å². The summed E-state index contributed by atoms with van der Waals surface area (Å²) in [5.41, 5.74) is -3.21. The van der Waals surface area contributed by atoms with E-state index in [0.717, 1.165) is 12.1 Å². The topological polar surface area (TPSA) is 141 Å². The van der Waals surface area contributed by atoms with Gasteiger partial charge in [0.2, 0.25) is 11.6 Å². The van der Waals surface area contributed by atoms with Crippen molar-refractivity contribution in [2.75, 3.05) is 0 Å². The molecule has 2 aromatic carbocycles. The molecule has 276 valence electrons. The van der Waals surface area contributed by atoms with E-state index in [1.54, 1.807) is 20.8 Å². The third-order valence-corrected chi connectivity index (χ3v) is 8.44. The molecule has 2 atom stereocenters. The number of nitrogens with zero attached hydrogens (tertiary/aromatic N) is 5. The number of halogens is 8. The SMILES string of the molecule is CC(C)(C)[S@@](=O)N=C(c1cc(F)cc(C(F)(F)F)c1)c1ncccn1.CC(C)(C)[S@](N)=O.O=C(c1cc(F)cc(C(F)(F)F)c1)c1ncccn1. The van der Waals surface area contributed by atoms with E-state index < -0.39 is 73.2 Å². The fraction of sp³-hybridized carbons (Fsp3) is 0.312. The number of alkyl halides is 6. The number of rotatable bonds is 5. The number of ketones is 1. The van der Waals surface area contributed by atoms with E-state index in [1.807, 2.05) is 20.8 Å². The Hall–Kier alpha value is -4.36. The van der Waals surface area contributed by atoms with Crippen molar-refractivity contribution < 1.29 is 48.3 Å². The van der Waals surface area contributed by atoms with E-state index in [2.05, 4.69) is 24.3 Å². The van der Waals surface area contributed by atoms with Gasteiger partial charge >= 0.3 is 12.4 Å². The van der Waals surface area contributed by atoms with Crippen LogP contribution in [0.15, 0.2) is 77.7 Å². The Balaban J connectivity index is 0.000000305. The zero-order valence-corrected chi connectivity index (χ0v) is 29.4. The predicted molar refractivity (Wildman–Crippen MR) is 176 cm³/mol. The maximum Gasteiger partial charge on any atom is 0.416 e. The minimum Gasteiger partial charge on any atom is -0.285 e. The molecular weight excluding hydrogens is 733 g/mol. The normalized spacial score (nSPS) is 13.6. The van der Waals surface area contributed by atoms with Crippen LogP contribution in [0.4, 0.5) is 35.1 Å². The first-order chi connectivity index (χ1) is 23.3. The summed E-state index contributed by atoms with van der Waals surface area (Å²) in [6.07, 6.45) is -4.20. The van der Waals surface area contributed by atoms with Crippen LogP contribution in [0.25, 0.3) is 0 Å². The molecule has 4 rings (SSSR count). The molecule has 0 aliphatic rings. The standard InChI is InChI=1S/C16H15F4N3OS.C12H6F4N2O.C4H11NOS/c1-15(2,3)25(24)23-13(14-21-5-4-6-22-14)10-7-11(16(18,19)20)9-12(17)8-10;13-9-5-7(4-8(6-9)12(14,15)16)10(19)11-17-2-1-3-18-11;1-4(2,3)7(5)6/h4-9H,1-3H3;1-6H;5H2,1-3H3/t25-;;7-/m1.1/s1. The fourth-order valence-corrected chi connectivity index (χ4v) is 3.81. The van der Waals surface area contributed by atoms with Crippen molar-refractivity contribution in [3.8, 4) is 0 Å². The Labute approximate surface area is 293 Å². The minimum atomic E-state index is -4.73. The second-order valence-electron chi connectivity index (χ2n) is 12.1. The Kier molecular flexibility index (Phi) is 14.5. The second kappa shape index (κ2) is 17.2. The van der Waals surface area contributed by atoms with Crippen LogP contribution in [0.5, 0.6) is 0 Å². The molecule has 0 unspecified atom stereocenters. The van der Waals surface area contributed by atoms with Crippen molar-refractivity contribution >= 4 is 33.5 Å². The molecule has 19 heteroatoms. The lowest BCUT2D eigenvalue weighted by molar-refractivity contribution is -0.138. The lowest BCUT2D eigenvalue weighted by Gasteiger charge is -2.15. The number of hydrogen-bond acceptors (Lipinski definition) is 7. The first-order valence-corrected chi connectivity index (χ1v) is 16.6. The molecule has 0 radical (unpaired) electrons. The Morgan fingerprint density at radius 1 is 0.627 bits per heavy atom. The molecule has 4 aromatic rings. The predicted octanol–water partition coefficient (Wildman–Crippen LogP) is 7.21. The zero-order chi connectivity index (χ0) is 38.9. The summed E-state index contributed by atoms with van der Waals surface area (Å²) in [4.78, 5) is 26.9. The van der Waals surface area contributed by atoms with Crippen LogP contribution in [0.3, 0.4) is 0 Å². The number of carbonyl (C=O) groups excluding carboxylic acids is 1. The summed E-state index contributed by atoms with van der Waals surface area (Å²) in [5.74, 6) is -3.44. The molecule has 0 fully saturated rings. The largest absolute Gasteiger partial charge is 0.416 e. The van der Waals surface area contributed by atoms with Crippen LogP contribution in [-0.2, 0) is 34.3 Å². The highest BCUT2D eigenvalue weighted by molar-refractivity contribution is 7.85. The molecule has 0 spiro atoms. The lowest BCUT2D eigenvalue weighted by atomic mass is 10.1. The number of carbonyl (C=O) groups is 1. The molecule has 2 N–H and O–H groups in total. The molecule has 2 aromatic heterocycles. The van der Waals surface area contributed by atoms with Gasteiger partial charge in [-0.2, -0.15) is 30.7 Å². The molecule has 0 bridgehead atoms. The molecule has 9 nitrogen and oxygen atoms in total. The zero-order valence-electron chi connectivity index (χ0n) is 27.8. The molecule has 0 aliphatic carbocycles. The molecule has 0 saturated heterocycles. The Morgan fingerprint density at radius 2 is 1.00 bits per heavy atom. The molecule has 2 heterocycles. The quantitative estimate of drug-likeness (QED) is 0.129. The summed E-state index contributed by atoms with van der Waals surface area (Å²) in [7, 11) is -2.98. The average Bonchev–Trinajstić information content (AvgIpc) is 3.02. The van der Waals surface area contributed by atoms with Gasteiger partial charge in [0.15, 0.2) is 5.82 Å². The summed E-state index contributed by atoms with van der Waals surface area (Å²) in [6, 6.07) is 6.56. The second-order valence-corrected chi connectivity index (χ2v) is 15.9. The van der Waals surface area contributed by atoms with Gasteiger partial charge in [-0.15, -0.1) is 0 Å². The monoisotopic (exact) mass is 764 g/mol. The maximum absolute atomic E-state index is 13.7. The minimum absolute atomic E-state index is 0.0428. The number of hydrogen-bond donors (Lipinski definition) is 1. The van der Waals surface area contributed by atoms with Gasteiger partial charge in [-0.05, 0) is 90.1 Å². The van der Waals surface area contributed by atoms with Gasteiger partial charge in [0, 0.05) is 35.9 Å². The van der Waals surface area contributed by atoms with Crippen molar-refractivity contribution in [1.82, 2.24) is 19.9 Å². The number of nitrogens with two attached hydrogens (primary N) is 1. The van der Waals surface area contributed by atoms with Crippen molar-refractivity contribution in [3.05, 3.63) is 119 Å². The highest BCUT2D eigenvalue weighted by Gasteiger charge is 2.33. The van der Waals surface area contributed by atoms with Gasteiger partial charge in [-0.1, -0.05) is 0 Å². The number of aromatic nitrogens is 4. The third-order valence-electron chi connectivity index (χ3n) is 5.83. The van der Waals surface area contributed by atoms with Gasteiger partial charge < -0.3 is 0 Å². The van der Waals surface area contributed by atoms with E-state index in [9.17, 15) is 48.3 Å². The average molecular weight is 765 g/mol. The van der Waals surface area contributed by atoms with Gasteiger partial charge in [0.25, 0.3) is 0 Å². The summed E-state index contributed by atoms with van der Waals surface area (Å²) >= 11 is 0. The smallest absolute Gasteiger partial charge is 0.285 e. The third kappa shape index (κ3) is 13.7.